The van der Waals surface area contributed by atoms with Crippen molar-refractivity contribution in [2.45, 2.75) is 13.0 Å². The molecule has 0 unspecified atom stereocenters. The maximum Gasteiger partial charge on any atom is 0.344 e. The number of benzene rings is 2. The molecule has 0 N–H and O–H groups in total. The molecule has 1 aliphatic rings. The Morgan fingerprint density at radius 1 is 0.939 bits per heavy atom. The maximum absolute atomic E-state index is 12.8. The number of rotatable bonds is 4. The van der Waals surface area contributed by atoms with Crippen LogP contribution in [0.25, 0.3) is 33.1 Å². The van der Waals surface area contributed by atoms with Crippen LogP contribution in [0.4, 0.5) is 0 Å². The van der Waals surface area contributed by atoms with Gasteiger partial charge in [-0.05, 0) is 42.1 Å². The van der Waals surface area contributed by atoms with E-state index < -0.39 is 11.3 Å². The highest BCUT2D eigenvalue weighted by Gasteiger charge is 2.23. The van der Waals surface area contributed by atoms with E-state index in [1.807, 2.05) is 30.3 Å². The van der Waals surface area contributed by atoms with Crippen LogP contribution in [-0.4, -0.2) is 18.2 Å². The zero-order valence-corrected chi connectivity index (χ0v) is 18.4. The predicted molar refractivity (Wildman–Crippen MR) is 128 cm³/mol. The summed E-state index contributed by atoms with van der Waals surface area (Å²) >= 11 is 1.74. The Bertz CT molecular complexity index is 1600. The van der Waals surface area contributed by atoms with E-state index in [0.29, 0.717) is 46.7 Å². The van der Waals surface area contributed by atoms with Gasteiger partial charge >= 0.3 is 11.3 Å². The van der Waals surface area contributed by atoms with Gasteiger partial charge in [-0.1, -0.05) is 24.3 Å². The summed E-state index contributed by atoms with van der Waals surface area (Å²) in [5, 5.41) is 3.54. The highest BCUT2D eigenvalue weighted by atomic mass is 32.1. The standard InChI is InChI=1S/C26H19NO5S/c28-24-13-19(20-12-16-4-1-2-6-22(16)31-26(20)29)18-7-8-23-21(25(18)32-24)14-27(15-30-23)10-9-17-5-3-11-33-17/h1-8,11-13H,9-10,14-15H2. The first-order chi connectivity index (χ1) is 16.2. The van der Waals surface area contributed by atoms with Crippen LogP contribution in [0.2, 0.25) is 0 Å². The van der Waals surface area contributed by atoms with Gasteiger partial charge in [0, 0.05) is 40.4 Å². The van der Waals surface area contributed by atoms with E-state index in [1.54, 1.807) is 23.5 Å². The molecule has 6 rings (SSSR count). The van der Waals surface area contributed by atoms with Crippen molar-refractivity contribution in [3.8, 4) is 16.9 Å². The van der Waals surface area contributed by atoms with Gasteiger partial charge in [0.05, 0.1) is 11.1 Å². The minimum absolute atomic E-state index is 0.331. The lowest BCUT2D eigenvalue weighted by Crippen LogP contribution is -2.33. The summed E-state index contributed by atoms with van der Waals surface area (Å²) in [6, 6.07) is 18.3. The molecule has 0 saturated carbocycles. The molecule has 6 nitrogen and oxygen atoms in total. The van der Waals surface area contributed by atoms with E-state index in [1.165, 1.54) is 10.9 Å². The quantitative estimate of drug-likeness (QED) is 0.353. The van der Waals surface area contributed by atoms with Crippen molar-refractivity contribution >= 4 is 33.3 Å². The molecule has 0 bridgehead atoms. The smallest absolute Gasteiger partial charge is 0.344 e. The third kappa shape index (κ3) is 3.65. The van der Waals surface area contributed by atoms with E-state index in [4.69, 9.17) is 13.6 Å². The van der Waals surface area contributed by atoms with Crippen LogP contribution in [0.1, 0.15) is 10.4 Å². The molecular formula is C26H19NO5S. The van der Waals surface area contributed by atoms with Crippen molar-refractivity contribution in [3.05, 3.63) is 97.3 Å². The second-order valence-corrected chi connectivity index (χ2v) is 9.07. The van der Waals surface area contributed by atoms with Crippen LogP contribution in [-0.2, 0) is 13.0 Å². The summed E-state index contributed by atoms with van der Waals surface area (Å²) in [5.74, 6) is 0.695. The monoisotopic (exact) mass is 457 g/mol. The van der Waals surface area contributed by atoms with E-state index in [0.717, 1.165) is 23.9 Å². The lowest BCUT2D eigenvalue weighted by molar-refractivity contribution is 0.0970. The topological polar surface area (TPSA) is 72.9 Å². The van der Waals surface area contributed by atoms with E-state index in [9.17, 15) is 9.59 Å². The van der Waals surface area contributed by atoms with Gasteiger partial charge in [0.2, 0.25) is 0 Å². The second-order valence-electron chi connectivity index (χ2n) is 8.04. The Balaban J connectivity index is 1.45. The zero-order valence-electron chi connectivity index (χ0n) is 17.6. The minimum atomic E-state index is -0.519. The summed E-state index contributed by atoms with van der Waals surface area (Å²) in [5.41, 5.74) is 1.58. The van der Waals surface area contributed by atoms with Gasteiger partial charge in [0.25, 0.3) is 0 Å². The largest absolute Gasteiger partial charge is 0.478 e. The molecule has 0 aliphatic carbocycles. The van der Waals surface area contributed by atoms with E-state index in [-0.39, 0.29) is 0 Å². The summed E-state index contributed by atoms with van der Waals surface area (Å²) in [7, 11) is 0. The van der Waals surface area contributed by atoms with E-state index in [2.05, 4.69) is 22.4 Å². The van der Waals surface area contributed by atoms with Crippen molar-refractivity contribution in [2.75, 3.05) is 13.3 Å². The molecule has 0 spiro atoms. The zero-order chi connectivity index (χ0) is 22.4. The summed E-state index contributed by atoms with van der Waals surface area (Å²) in [6.07, 6.45) is 0.925. The fourth-order valence-electron chi connectivity index (χ4n) is 4.32. The number of hydrogen-bond acceptors (Lipinski definition) is 7. The second kappa shape index (κ2) is 8.03. The first-order valence-electron chi connectivity index (χ1n) is 10.7. The molecular weight excluding hydrogens is 438 g/mol. The molecule has 7 heteroatoms. The summed E-state index contributed by atoms with van der Waals surface area (Å²) in [6.45, 7) is 1.90. The Morgan fingerprint density at radius 2 is 1.85 bits per heavy atom. The molecule has 0 radical (unpaired) electrons. The maximum atomic E-state index is 12.8. The average molecular weight is 458 g/mol. The van der Waals surface area contributed by atoms with Gasteiger partial charge in [-0.3, -0.25) is 4.90 Å². The van der Waals surface area contributed by atoms with Gasteiger partial charge in [-0.2, -0.15) is 0 Å². The van der Waals surface area contributed by atoms with Gasteiger partial charge in [0.15, 0.2) is 0 Å². The Hall–Kier alpha value is -3.68. The molecule has 3 aromatic heterocycles. The Kier molecular flexibility index (Phi) is 4.86. The van der Waals surface area contributed by atoms with Gasteiger partial charge in [-0.15, -0.1) is 11.3 Å². The van der Waals surface area contributed by atoms with Crippen molar-refractivity contribution in [3.63, 3.8) is 0 Å². The molecule has 0 atom stereocenters. The number of hydrogen-bond donors (Lipinski definition) is 0. The molecule has 0 amide bonds. The number of fused-ring (bicyclic) bond motifs is 4. The summed E-state index contributed by atoms with van der Waals surface area (Å²) in [4.78, 5) is 28.8. The molecule has 2 aromatic carbocycles. The molecule has 1 aliphatic heterocycles. The van der Waals surface area contributed by atoms with Gasteiger partial charge in [0.1, 0.15) is 23.6 Å². The fraction of sp³-hybridized carbons (Fsp3) is 0.154. The molecule has 0 saturated heterocycles. The number of para-hydroxylation sites is 1. The highest BCUT2D eigenvalue weighted by Crippen LogP contribution is 2.36. The van der Waals surface area contributed by atoms with Crippen LogP contribution in [0.15, 0.2) is 84.5 Å². The van der Waals surface area contributed by atoms with Gasteiger partial charge < -0.3 is 13.6 Å². The van der Waals surface area contributed by atoms with Crippen LogP contribution in [0.3, 0.4) is 0 Å². The van der Waals surface area contributed by atoms with Crippen molar-refractivity contribution in [1.82, 2.24) is 4.90 Å². The number of thiophene rings is 1. The first-order valence-corrected chi connectivity index (χ1v) is 11.5. The highest BCUT2D eigenvalue weighted by molar-refractivity contribution is 7.09. The molecule has 4 heterocycles. The normalized spacial score (nSPS) is 13.8. The lowest BCUT2D eigenvalue weighted by Gasteiger charge is -2.29. The van der Waals surface area contributed by atoms with Crippen LogP contribution >= 0.6 is 11.3 Å². The first kappa shape index (κ1) is 20.0. The molecule has 5 aromatic rings. The Labute approximate surface area is 192 Å². The van der Waals surface area contributed by atoms with Crippen LogP contribution in [0.5, 0.6) is 5.75 Å². The number of ether oxygens (including phenoxy) is 1. The average Bonchev–Trinajstić information content (AvgIpc) is 3.35. The third-order valence-corrected chi connectivity index (χ3v) is 6.88. The van der Waals surface area contributed by atoms with Gasteiger partial charge in [-0.25, -0.2) is 9.59 Å². The SMILES string of the molecule is O=c1cc(-c2cc3ccccc3oc2=O)c2ccc3c(c2o1)CN(CCc1cccs1)CO3. The van der Waals surface area contributed by atoms with Crippen molar-refractivity contribution in [1.29, 1.82) is 0 Å². The number of nitrogens with zero attached hydrogens (tertiary/aromatic N) is 1. The van der Waals surface area contributed by atoms with E-state index >= 15 is 0 Å². The summed E-state index contributed by atoms with van der Waals surface area (Å²) < 4.78 is 17.1. The fourth-order valence-corrected chi connectivity index (χ4v) is 5.02. The minimum Gasteiger partial charge on any atom is -0.478 e. The lowest BCUT2D eigenvalue weighted by atomic mass is 9.99. The molecule has 0 fully saturated rings. The van der Waals surface area contributed by atoms with Crippen LogP contribution in [0, 0.1) is 0 Å². The third-order valence-electron chi connectivity index (χ3n) is 5.94. The predicted octanol–water partition coefficient (Wildman–Crippen LogP) is 5.02. The van der Waals surface area contributed by atoms with Crippen molar-refractivity contribution in [2.24, 2.45) is 0 Å². The Morgan fingerprint density at radius 3 is 2.73 bits per heavy atom. The van der Waals surface area contributed by atoms with Crippen molar-refractivity contribution < 1.29 is 13.6 Å². The molecule has 164 valence electrons. The molecule has 33 heavy (non-hydrogen) atoms. The van der Waals surface area contributed by atoms with Crippen LogP contribution < -0.4 is 16.0 Å².